The number of esters is 4. The lowest BCUT2D eigenvalue weighted by Crippen LogP contribution is -2.60. The van der Waals surface area contributed by atoms with Crippen LogP contribution in [0.1, 0.15) is 108 Å². The predicted molar refractivity (Wildman–Crippen MR) is 247 cm³/mol. The Hall–Kier alpha value is -3.58. The molecule has 4 aliphatic rings. The lowest BCUT2D eigenvalue weighted by Gasteiger charge is -2.49. The van der Waals surface area contributed by atoms with Gasteiger partial charge in [0.1, 0.15) is 28.5 Å². The van der Waals surface area contributed by atoms with Gasteiger partial charge in [0, 0.05) is 63.9 Å². The lowest BCUT2D eigenvalue weighted by atomic mass is 9.70. The van der Waals surface area contributed by atoms with Crippen molar-refractivity contribution < 1.29 is 76.1 Å². The van der Waals surface area contributed by atoms with Crippen LogP contribution < -0.4 is 4.74 Å². The predicted octanol–water partition coefficient (Wildman–Crippen LogP) is 6.95. The highest BCUT2D eigenvalue weighted by Crippen LogP contribution is 2.50. The number of fused-ring (bicyclic) bond motifs is 1. The van der Waals surface area contributed by atoms with E-state index in [1.807, 2.05) is 65.8 Å². The Morgan fingerprint density at radius 2 is 1.40 bits per heavy atom. The van der Waals surface area contributed by atoms with Crippen LogP contribution in [0.5, 0.6) is 5.75 Å². The molecule has 0 aromatic heterocycles. The van der Waals surface area contributed by atoms with Gasteiger partial charge in [-0.2, -0.15) is 0 Å². The Morgan fingerprint density at radius 3 is 1.99 bits per heavy atom. The summed E-state index contributed by atoms with van der Waals surface area (Å²) >= 11 is 1.38. The molecular weight excluding hydrogens is 889 g/mol. The Morgan fingerprint density at radius 1 is 0.776 bits per heavy atom. The van der Waals surface area contributed by atoms with Crippen molar-refractivity contribution in [2.75, 3.05) is 21.3 Å². The number of hydrogen-bond acceptors (Lipinski definition) is 17. The van der Waals surface area contributed by atoms with Crippen LogP contribution in [-0.4, -0.2) is 128 Å². The summed E-state index contributed by atoms with van der Waals surface area (Å²) in [5, 5.41) is -0.787. The average Bonchev–Trinajstić information content (AvgIpc) is 3.54. The molecule has 0 amide bonds. The molecule has 16 nitrogen and oxygen atoms in total. The molecule has 0 aliphatic carbocycles. The average molecular weight is 963 g/mol. The van der Waals surface area contributed by atoms with E-state index in [1.54, 1.807) is 47.0 Å². The van der Waals surface area contributed by atoms with Gasteiger partial charge in [-0.25, -0.2) is 0 Å². The number of ketones is 1. The molecule has 1 unspecified atom stereocenters. The van der Waals surface area contributed by atoms with Gasteiger partial charge in [0.2, 0.25) is 0 Å². The summed E-state index contributed by atoms with van der Waals surface area (Å²) in [7, 11) is 4.64. The van der Waals surface area contributed by atoms with Crippen molar-refractivity contribution in [2.45, 2.75) is 185 Å². The zero-order valence-corrected chi connectivity index (χ0v) is 42.7. The van der Waals surface area contributed by atoms with Crippen LogP contribution in [0.4, 0.5) is 0 Å². The maximum absolute atomic E-state index is 15.1. The quantitative estimate of drug-likeness (QED) is 0.112. The molecule has 376 valence electrons. The fourth-order valence-corrected chi connectivity index (χ4v) is 12.1. The van der Waals surface area contributed by atoms with Gasteiger partial charge in [-0.05, 0) is 78.2 Å². The lowest BCUT2D eigenvalue weighted by molar-refractivity contribution is -0.311. The molecule has 0 spiro atoms. The molecule has 1 aromatic carbocycles. The van der Waals surface area contributed by atoms with Crippen molar-refractivity contribution >= 4 is 41.4 Å². The first kappa shape index (κ1) is 54.4. The molecule has 4 aliphatic heterocycles. The Balaban J connectivity index is 1.63. The first-order chi connectivity index (χ1) is 31.4. The highest BCUT2D eigenvalue weighted by atomic mass is 32.2. The molecule has 18 atom stereocenters. The smallest absolute Gasteiger partial charge is 0.320 e. The van der Waals surface area contributed by atoms with E-state index in [4.69, 9.17) is 52.1 Å². The number of benzene rings is 1. The summed E-state index contributed by atoms with van der Waals surface area (Å²) in [6, 6.07) is 7.55. The van der Waals surface area contributed by atoms with Gasteiger partial charge in [-0.3, -0.25) is 24.0 Å². The summed E-state index contributed by atoms with van der Waals surface area (Å²) in [4.78, 5) is 68.8. The van der Waals surface area contributed by atoms with Crippen molar-refractivity contribution in [3.05, 3.63) is 42.0 Å². The van der Waals surface area contributed by atoms with Crippen LogP contribution >= 0.6 is 11.8 Å². The third-order valence-electron chi connectivity index (χ3n) is 14.3. The normalized spacial score (nSPS) is 40.8. The first-order valence-electron chi connectivity index (χ1n) is 23.4. The van der Waals surface area contributed by atoms with E-state index >= 15 is 4.79 Å². The van der Waals surface area contributed by atoms with E-state index in [1.165, 1.54) is 39.8 Å². The SMILES string of the molecule is CC[C@H]1OC(=O)[C@H](C)[C@@H](O[C@H]2C[C@@](C)(OC)[C@@H](OC(C)=O)[C@H](C)O2)[C@H](C)[C@@H](O[C@@H]2O[C@H](C)C=C[C@H]2OC(C)=O)[C@](C)(OC)C[C@@H](C)C(=O)[C@H](C)[C@H]2C(SCc3ccc(OC)cc3)C(=O)O[C@@]21C. The number of ether oxygens (including phenoxy) is 11. The molecule has 17 heteroatoms. The second-order valence-corrected chi connectivity index (χ2v) is 20.5. The molecule has 0 bridgehead atoms. The van der Waals surface area contributed by atoms with Crippen molar-refractivity contribution in [3.63, 3.8) is 0 Å². The monoisotopic (exact) mass is 962 g/mol. The van der Waals surface area contributed by atoms with E-state index in [0.29, 0.717) is 11.5 Å². The van der Waals surface area contributed by atoms with Crippen LogP contribution in [-0.2, 0) is 77.1 Å². The molecule has 0 radical (unpaired) electrons. The van der Waals surface area contributed by atoms with Gasteiger partial charge >= 0.3 is 23.9 Å². The molecule has 0 N–H and O–H groups in total. The van der Waals surface area contributed by atoms with Crippen LogP contribution in [0.15, 0.2) is 36.4 Å². The molecule has 1 aromatic rings. The minimum Gasteiger partial charge on any atom is -0.497 e. The zero-order valence-electron chi connectivity index (χ0n) is 41.9. The Bertz CT molecular complexity index is 1930. The third-order valence-corrected chi connectivity index (χ3v) is 15.7. The third kappa shape index (κ3) is 12.1. The standard InChI is InChI=1S/C50H74O16S/c1-16-37-50(12)39(42(46(55)66-50)67-25-34-18-20-35(56-13)21-19-34)28(4)40(53)26(2)23-48(10,57-14)43(65-47-36(61-32(8)51)22-17-27(3)59-47)29(5)41(30(6)45(54)63-37)64-38-24-49(11,58-15)44(31(7)60-38)62-33(9)52/h17-22,26-31,36-39,41-44,47H,16,23-25H2,1-15H3/t26-,27-,28-,29+,30-,31+,36-,37-,38+,39+,41+,42?,43-,44+,47+,48-,49-,50-/m1/s1. The number of methoxy groups -OCH3 is 3. The minimum absolute atomic E-state index is 0.0959. The zero-order chi connectivity index (χ0) is 49.8. The van der Waals surface area contributed by atoms with Crippen LogP contribution in [0, 0.1) is 29.6 Å². The van der Waals surface area contributed by atoms with Crippen molar-refractivity contribution in [1.82, 2.24) is 0 Å². The van der Waals surface area contributed by atoms with Gasteiger partial charge in [-0.1, -0.05) is 45.9 Å². The fourth-order valence-electron chi connectivity index (χ4n) is 10.6. The Labute approximate surface area is 400 Å². The Kier molecular flexibility index (Phi) is 18.2. The van der Waals surface area contributed by atoms with Crippen LogP contribution in [0.2, 0.25) is 0 Å². The first-order valence-corrected chi connectivity index (χ1v) is 24.5. The number of hydrogen-bond donors (Lipinski definition) is 0. The molecule has 0 saturated carbocycles. The van der Waals surface area contributed by atoms with Gasteiger partial charge in [0.25, 0.3) is 0 Å². The van der Waals surface area contributed by atoms with E-state index in [9.17, 15) is 19.2 Å². The molecular formula is C50H74O16S. The molecule has 5 rings (SSSR count). The maximum Gasteiger partial charge on any atom is 0.320 e. The van der Waals surface area contributed by atoms with E-state index in [2.05, 4.69) is 0 Å². The number of thioether (sulfide) groups is 1. The van der Waals surface area contributed by atoms with Crippen molar-refractivity contribution in [2.24, 2.45) is 29.6 Å². The second-order valence-electron chi connectivity index (χ2n) is 19.4. The van der Waals surface area contributed by atoms with E-state index in [0.717, 1.165) is 5.56 Å². The topological polar surface area (TPSA) is 187 Å². The summed E-state index contributed by atoms with van der Waals surface area (Å²) in [5.74, 6) is -5.17. The minimum atomic E-state index is -1.40. The van der Waals surface area contributed by atoms with Gasteiger partial charge in [0.15, 0.2) is 30.4 Å². The molecule has 67 heavy (non-hydrogen) atoms. The molecule has 3 saturated heterocycles. The highest BCUT2D eigenvalue weighted by molar-refractivity contribution is 7.99. The highest BCUT2D eigenvalue weighted by Gasteiger charge is 2.62. The van der Waals surface area contributed by atoms with E-state index in [-0.39, 0.29) is 25.0 Å². The molecule has 3 fully saturated rings. The summed E-state index contributed by atoms with van der Waals surface area (Å²) < 4.78 is 68.6. The fraction of sp³-hybridized carbons (Fsp3) is 0.740. The van der Waals surface area contributed by atoms with E-state index < -0.39 is 131 Å². The van der Waals surface area contributed by atoms with Crippen LogP contribution in [0.3, 0.4) is 0 Å². The number of rotatable bonds is 13. The summed E-state index contributed by atoms with van der Waals surface area (Å²) in [6.07, 6.45) is -4.11. The van der Waals surface area contributed by atoms with Crippen molar-refractivity contribution in [3.8, 4) is 5.75 Å². The van der Waals surface area contributed by atoms with Crippen molar-refractivity contribution in [1.29, 1.82) is 0 Å². The maximum atomic E-state index is 15.1. The largest absolute Gasteiger partial charge is 0.497 e. The van der Waals surface area contributed by atoms with Gasteiger partial charge in [0.05, 0.1) is 43.0 Å². The summed E-state index contributed by atoms with van der Waals surface area (Å²) in [6.45, 7) is 20.6. The second kappa shape index (κ2) is 22.4. The summed E-state index contributed by atoms with van der Waals surface area (Å²) in [5.41, 5.74) is -2.83. The number of carbonyl (C=O) groups excluding carboxylic acids is 5. The van der Waals surface area contributed by atoms with Gasteiger partial charge in [-0.15, -0.1) is 11.8 Å². The van der Waals surface area contributed by atoms with Crippen LogP contribution in [0.25, 0.3) is 0 Å². The molecule has 4 heterocycles. The number of carbonyl (C=O) groups is 5. The van der Waals surface area contributed by atoms with Gasteiger partial charge < -0.3 is 52.1 Å². The number of cyclic esters (lactones) is 1. The number of Topliss-reactive ketones (excluding diaryl/α,β-unsaturated/α-hetero) is 1.